The molecule has 5 nitrogen and oxygen atoms in total. The van der Waals surface area contributed by atoms with Gasteiger partial charge in [0.25, 0.3) is 0 Å². The van der Waals surface area contributed by atoms with Gasteiger partial charge in [-0.3, -0.25) is 4.79 Å². The lowest BCUT2D eigenvalue weighted by Crippen LogP contribution is -2.25. The highest BCUT2D eigenvalue weighted by Gasteiger charge is 2.34. The van der Waals surface area contributed by atoms with Crippen LogP contribution in [0.4, 0.5) is 5.69 Å². The highest BCUT2D eigenvalue weighted by atomic mass is 79.9. The van der Waals surface area contributed by atoms with Crippen LogP contribution in [-0.2, 0) is 13.8 Å². The third-order valence-corrected chi connectivity index (χ3v) is 5.11. The number of amides is 1. The van der Waals surface area contributed by atoms with Gasteiger partial charge in [0.2, 0.25) is 15.0 Å². The van der Waals surface area contributed by atoms with Crippen LogP contribution in [0, 0.1) is 17.2 Å². The van der Waals surface area contributed by atoms with E-state index in [1.165, 1.54) is 4.90 Å². The number of nitriles is 1. The molecular weight excluding hydrogens is 368 g/mol. The molecule has 0 radical (unpaired) electrons. The summed E-state index contributed by atoms with van der Waals surface area (Å²) in [5, 5.41) is 8.98. The van der Waals surface area contributed by atoms with Gasteiger partial charge in [-0.25, -0.2) is 8.42 Å². The molecule has 1 aliphatic heterocycles. The molecule has 1 unspecified atom stereocenters. The van der Waals surface area contributed by atoms with E-state index in [1.54, 1.807) is 18.2 Å². The van der Waals surface area contributed by atoms with Crippen molar-refractivity contribution in [1.82, 2.24) is 0 Å². The Bertz CT molecular complexity index is 699. The molecule has 2 rings (SSSR count). The Morgan fingerprint density at radius 3 is 2.80 bits per heavy atom. The maximum atomic E-state index is 12.0. The molecule has 0 aromatic heterocycles. The van der Waals surface area contributed by atoms with E-state index in [0.717, 1.165) is 0 Å². The van der Waals surface area contributed by atoms with Crippen molar-refractivity contribution in [3.63, 3.8) is 0 Å². The number of benzene rings is 1. The first-order chi connectivity index (χ1) is 9.31. The van der Waals surface area contributed by atoms with Crippen molar-refractivity contribution in [2.24, 2.45) is 5.92 Å². The topological polar surface area (TPSA) is 78.2 Å². The molecule has 1 heterocycles. The average Bonchev–Trinajstić information content (AvgIpc) is 2.68. The summed E-state index contributed by atoms with van der Waals surface area (Å²) in [6.07, 6.45) is 0.134. The van der Waals surface area contributed by atoms with E-state index in [2.05, 4.69) is 15.9 Å². The number of hydrogen-bond donors (Lipinski definition) is 0. The SMILES string of the molecule is N#Cc1cccc(N2CC(CS(=O)(=O)Cl)CC2=O)c1Br. The molecule has 1 aliphatic rings. The van der Waals surface area contributed by atoms with E-state index in [4.69, 9.17) is 15.9 Å². The predicted octanol–water partition coefficient (Wildman–Crippen LogP) is 2.24. The summed E-state index contributed by atoms with van der Waals surface area (Å²) in [6.45, 7) is 0.276. The zero-order valence-electron chi connectivity index (χ0n) is 10.2. The Morgan fingerprint density at radius 2 is 2.20 bits per heavy atom. The fourth-order valence-corrected chi connectivity index (χ4v) is 4.11. The number of anilines is 1. The van der Waals surface area contributed by atoms with E-state index in [9.17, 15) is 13.2 Å². The number of halogens is 2. The Hall–Kier alpha value is -1.10. The maximum absolute atomic E-state index is 12.0. The van der Waals surface area contributed by atoms with Crippen molar-refractivity contribution < 1.29 is 13.2 Å². The van der Waals surface area contributed by atoms with E-state index in [0.29, 0.717) is 15.7 Å². The molecule has 0 N–H and O–H groups in total. The molecule has 1 aromatic rings. The average molecular weight is 378 g/mol. The van der Waals surface area contributed by atoms with Gasteiger partial charge < -0.3 is 4.90 Å². The zero-order valence-corrected chi connectivity index (χ0v) is 13.4. The Kier molecular flexibility index (Phi) is 4.37. The van der Waals surface area contributed by atoms with Crippen LogP contribution in [0.25, 0.3) is 0 Å². The van der Waals surface area contributed by atoms with Crippen LogP contribution in [0.3, 0.4) is 0 Å². The molecule has 106 valence electrons. The normalized spacial score (nSPS) is 19.1. The summed E-state index contributed by atoms with van der Waals surface area (Å²) in [5.41, 5.74) is 0.993. The van der Waals surface area contributed by atoms with Crippen LogP contribution < -0.4 is 4.90 Å². The fraction of sp³-hybridized carbons (Fsp3) is 0.333. The lowest BCUT2D eigenvalue weighted by molar-refractivity contribution is -0.117. The third kappa shape index (κ3) is 3.32. The minimum absolute atomic E-state index is 0.134. The van der Waals surface area contributed by atoms with Gasteiger partial charge in [-0.2, -0.15) is 5.26 Å². The molecule has 0 saturated carbocycles. The number of hydrogen-bond acceptors (Lipinski definition) is 4. The van der Waals surface area contributed by atoms with Crippen molar-refractivity contribution in [3.8, 4) is 6.07 Å². The van der Waals surface area contributed by atoms with Gasteiger partial charge >= 0.3 is 0 Å². The summed E-state index contributed by atoms with van der Waals surface area (Å²) in [7, 11) is 1.59. The first-order valence-electron chi connectivity index (χ1n) is 5.73. The fourth-order valence-electron chi connectivity index (χ4n) is 2.22. The second-order valence-electron chi connectivity index (χ2n) is 4.53. The zero-order chi connectivity index (χ0) is 14.9. The first-order valence-corrected chi connectivity index (χ1v) is 9.00. The van der Waals surface area contributed by atoms with Gasteiger partial charge in [0.05, 0.1) is 21.5 Å². The molecule has 8 heteroatoms. The quantitative estimate of drug-likeness (QED) is 0.757. The molecule has 1 saturated heterocycles. The highest BCUT2D eigenvalue weighted by molar-refractivity contribution is 9.10. The van der Waals surface area contributed by atoms with Crippen molar-refractivity contribution in [2.45, 2.75) is 6.42 Å². The van der Waals surface area contributed by atoms with Crippen LogP contribution in [0.2, 0.25) is 0 Å². The van der Waals surface area contributed by atoms with Crippen LogP contribution >= 0.6 is 26.6 Å². The summed E-state index contributed by atoms with van der Waals surface area (Å²) in [5.74, 6) is -0.736. The van der Waals surface area contributed by atoms with Gasteiger partial charge in [0.15, 0.2) is 0 Å². The minimum Gasteiger partial charge on any atom is -0.311 e. The summed E-state index contributed by atoms with van der Waals surface area (Å²) < 4.78 is 22.7. The molecule has 1 amide bonds. The van der Waals surface area contributed by atoms with Crippen LogP contribution in [0.15, 0.2) is 22.7 Å². The molecule has 1 fully saturated rings. The number of carbonyl (C=O) groups is 1. The highest BCUT2D eigenvalue weighted by Crippen LogP contribution is 2.34. The van der Waals surface area contributed by atoms with Crippen LogP contribution in [-0.4, -0.2) is 26.6 Å². The van der Waals surface area contributed by atoms with E-state index >= 15 is 0 Å². The van der Waals surface area contributed by atoms with Crippen LogP contribution in [0.1, 0.15) is 12.0 Å². The van der Waals surface area contributed by atoms with Gasteiger partial charge in [-0.15, -0.1) is 0 Å². The number of rotatable bonds is 3. The van der Waals surface area contributed by atoms with Gasteiger partial charge in [0.1, 0.15) is 6.07 Å². The lowest BCUT2D eigenvalue weighted by Gasteiger charge is -2.18. The second-order valence-corrected chi connectivity index (χ2v) is 8.15. The molecule has 1 aromatic carbocycles. The molecule has 1 atom stereocenters. The van der Waals surface area contributed by atoms with Crippen LogP contribution in [0.5, 0.6) is 0 Å². The molecule has 20 heavy (non-hydrogen) atoms. The third-order valence-electron chi connectivity index (χ3n) is 3.03. The van der Waals surface area contributed by atoms with Crippen molar-refractivity contribution in [3.05, 3.63) is 28.2 Å². The monoisotopic (exact) mass is 376 g/mol. The Morgan fingerprint density at radius 1 is 1.50 bits per heavy atom. The largest absolute Gasteiger partial charge is 0.311 e. The minimum atomic E-state index is -3.63. The maximum Gasteiger partial charge on any atom is 0.232 e. The standard InChI is InChI=1S/C12H10BrClN2O3S/c13-12-9(5-15)2-1-3-10(12)16-6-8(4-11(16)17)7-20(14,18)19/h1-3,8H,4,6-7H2. The second kappa shape index (κ2) is 5.72. The Balaban J connectivity index is 2.27. The molecule has 0 spiro atoms. The molecule has 0 aliphatic carbocycles. The molecule has 0 bridgehead atoms. The van der Waals surface area contributed by atoms with E-state index < -0.39 is 9.05 Å². The smallest absolute Gasteiger partial charge is 0.232 e. The number of carbonyl (C=O) groups excluding carboxylic acids is 1. The molecular formula is C12H10BrClN2O3S. The summed E-state index contributed by atoms with van der Waals surface area (Å²) >= 11 is 3.30. The van der Waals surface area contributed by atoms with Crippen molar-refractivity contribution in [1.29, 1.82) is 5.26 Å². The van der Waals surface area contributed by atoms with Crippen molar-refractivity contribution in [2.75, 3.05) is 17.2 Å². The first kappa shape index (κ1) is 15.3. The van der Waals surface area contributed by atoms with Gasteiger partial charge in [-0.05, 0) is 28.1 Å². The lowest BCUT2D eigenvalue weighted by atomic mass is 10.1. The number of nitrogens with zero attached hydrogens (tertiary/aromatic N) is 2. The van der Waals surface area contributed by atoms with Gasteiger partial charge in [-0.1, -0.05) is 6.07 Å². The Labute approximate surface area is 129 Å². The van der Waals surface area contributed by atoms with E-state index in [-0.39, 0.29) is 30.5 Å². The van der Waals surface area contributed by atoms with Gasteiger partial charge in [0, 0.05) is 29.6 Å². The summed E-state index contributed by atoms with van der Waals surface area (Å²) in [4.78, 5) is 13.5. The van der Waals surface area contributed by atoms with Crippen molar-refractivity contribution >= 4 is 47.3 Å². The summed E-state index contributed by atoms with van der Waals surface area (Å²) in [6, 6.07) is 7.04. The van der Waals surface area contributed by atoms with E-state index in [1.807, 2.05) is 6.07 Å². The predicted molar refractivity (Wildman–Crippen MR) is 79.0 cm³/mol.